The van der Waals surface area contributed by atoms with Gasteiger partial charge < -0.3 is 20.3 Å². The molecule has 2 atom stereocenters. The van der Waals surface area contributed by atoms with E-state index in [-0.39, 0.29) is 18.5 Å². The van der Waals surface area contributed by atoms with E-state index in [2.05, 4.69) is 67.8 Å². The zero-order valence-electron chi connectivity index (χ0n) is 43.2. The third-order valence-electron chi connectivity index (χ3n) is 12.9. The van der Waals surface area contributed by atoms with Gasteiger partial charge in [-0.2, -0.15) is 0 Å². The van der Waals surface area contributed by atoms with Crippen molar-refractivity contribution in [3.05, 3.63) is 48.6 Å². The van der Waals surface area contributed by atoms with Crippen molar-refractivity contribution in [2.75, 3.05) is 13.2 Å². The third-order valence-corrected chi connectivity index (χ3v) is 12.9. The van der Waals surface area contributed by atoms with E-state index < -0.39 is 12.1 Å². The molecule has 0 aromatic carbocycles. The number of esters is 1. The summed E-state index contributed by atoms with van der Waals surface area (Å²) in [6.07, 6.45) is 68.3. The highest BCUT2D eigenvalue weighted by Crippen LogP contribution is 2.16. The predicted octanol–water partition coefficient (Wildman–Crippen LogP) is 17.4. The summed E-state index contributed by atoms with van der Waals surface area (Å²) in [5, 5.41) is 23.2. The van der Waals surface area contributed by atoms with E-state index in [4.69, 9.17) is 4.74 Å². The molecule has 0 aliphatic carbocycles. The van der Waals surface area contributed by atoms with Crippen LogP contribution in [0.4, 0.5) is 0 Å². The number of hydrogen-bond acceptors (Lipinski definition) is 5. The maximum atomic E-state index is 12.4. The SMILES string of the molecule is CCCCCC/C=C\C/C=C\CCCCCCCC(=O)OCC/C=C\C/C=C\CCCCCCCCCCCCCCCCC(=O)NC(CO)C(O)CCCCCCCCCCCCC. The van der Waals surface area contributed by atoms with Gasteiger partial charge in [-0.05, 0) is 77.0 Å². The number of allylic oxidation sites excluding steroid dienone is 7. The van der Waals surface area contributed by atoms with Gasteiger partial charge in [0.15, 0.2) is 0 Å². The lowest BCUT2D eigenvalue weighted by Crippen LogP contribution is -2.45. The van der Waals surface area contributed by atoms with Crippen molar-refractivity contribution in [1.82, 2.24) is 5.32 Å². The Morgan fingerprint density at radius 2 is 0.769 bits per heavy atom. The zero-order chi connectivity index (χ0) is 47.2. The molecule has 0 rings (SSSR count). The standard InChI is InChI=1S/C59H109NO5/c1-3-5-7-9-11-13-15-16-17-26-29-33-37-41-45-49-53-59(64)65-54-50-46-42-38-34-30-27-24-22-20-18-19-21-23-25-28-32-36-40-44-48-52-58(63)60-56(55-61)57(62)51-47-43-39-35-31-14-12-10-8-6-4-2/h13,15,17,26,30,34,42,46,56-57,61-62H,3-12,14,16,18-25,27-29,31-33,35-41,43-45,47-55H2,1-2H3,(H,60,63)/b15-13-,26-17-,34-30-,46-42-. The van der Waals surface area contributed by atoms with Crippen molar-refractivity contribution >= 4 is 11.9 Å². The monoisotopic (exact) mass is 912 g/mol. The fourth-order valence-electron chi connectivity index (χ4n) is 8.51. The van der Waals surface area contributed by atoms with E-state index in [9.17, 15) is 19.8 Å². The van der Waals surface area contributed by atoms with Gasteiger partial charge in [-0.25, -0.2) is 0 Å². The first-order valence-corrected chi connectivity index (χ1v) is 28.4. The van der Waals surface area contributed by atoms with Gasteiger partial charge in [0, 0.05) is 12.8 Å². The van der Waals surface area contributed by atoms with Crippen molar-refractivity contribution < 1.29 is 24.5 Å². The molecule has 6 heteroatoms. The van der Waals surface area contributed by atoms with Crippen LogP contribution in [0.2, 0.25) is 0 Å². The van der Waals surface area contributed by atoms with E-state index in [1.165, 1.54) is 193 Å². The molecule has 3 N–H and O–H groups in total. The van der Waals surface area contributed by atoms with Crippen LogP contribution in [0.3, 0.4) is 0 Å². The van der Waals surface area contributed by atoms with Crippen LogP contribution in [0.25, 0.3) is 0 Å². The number of rotatable bonds is 52. The molecule has 0 spiro atoms. The van der Waals surface area contributed by atoms with Crippen LogP contribution in [0.5, 0.6) is 0 Å². The Kier molecular flexibility index (Phi) is 52.6. The molecule has 0 radical (unpaired) electrons. The molecule has 0 aliphatic rings. The number of ether oxygens (including phenoxy) is 1. The van der Waals surface area contributed by atoms with Crippen LogP contribution in [0.1, 0.15) is 290 Å². The smallest absolute Gasteiger partial charge is 0.305 e. The van der Waals surface area contributed by atoms with Gasteiger partial charge in [-0.15, -0.1) is 0 Å². The lowest BCUT2D eigenvalue weighted by Gasteiger charge is -2.22. The number of hydrogen-bond donors (Lipinski definition) is 3. The lowest BCUT2D eigenvalue weighted by molar-refractivity contribution is -0.143. The van der Waals surface area contributed by atoms with Gasteiger partial charge in [0.05, 0.1) is 25.4 Å². The summed E-state index contributed by atoms with van der Waals surface area (Å²) in [5.74, 6) is -0.0909. The van der Waals surface area contributed by atoms with Crippen LogP contribution < -0.4 is 5.32 Å². The molecule has 0 aliphatic heterocycles. The number of aliphatic hydroxyl groups excluding tert-OH is 2. The van der Waals surface area contributed by atoms with Crippen molar-refractivity contribution in [2.45, 2.75) is 302 Å². The number of aliphatic hydroxyl groups is 2. The second-order valence-corrected chi connectivity index (χ2v) is 19.3. The van der Waals surface area contributed by atoms with Crippen LogP contribution in [0.15, 0.2) is 48.6 Å². The highest BCUT2D eigenvalue weighted by Gasteiger charge is 2.20. The third kappa shape index (κ3) is 51.1. The van der Waals surface area contributed by atoms with Gasteiger partial charge in [-0.3, -0.25) is 9.59 Å². The Bertz CT molecular complexity index is 1100. The molecule has 6 nitrogen and oxygen atoms in total. The molecule has 0 aromatic heterocycles. The van der Waals surface area contributed by atoms with Crippen LogP contribution in [0, 0.1) is 0 Å². The zero-order valence-corrected chi connectivity index (χ0v) is 43.2. The van der Waals surface area contributed by atoms with Gasteiger partial charge in [0.1, 0.15) is 0 Å². The van der Waals surface area contributed by atoms with Crippen molar-refractivity contribution in [3.63, 3.8) is 0 Å². The maximum absolute atomic E-state index is 12.4. The topological polar surface area (TPSA) is 95.9 Å². The Labute approximate surface area is 404 Å². The minimum Gasteiger partial charge on any atom is -0.465 e. The molecule has 0 saturated carbocycles. The Morgan fingerprint density at radius 3 is 1.18 bits per heavy atom. The Morgan fingerprint density at radius 1 is 0.431 bits per heavy atom. The second kappa shape index (κ2) is 54.4. The summed E-state index contributed by atoms with van der Waals surface area (Å²) < 4.78 is 5.41. The Hall–Kier alpha value is -2.18. The van der Waals surface area contributed by atoms with Crippen molar-refractivity contribution in [2.24, 2.45) is 0 Å². The molecule has 0 saturated heterocycles. The van der Waals surface area contributed by atoms with Gasteiger partial charge in [0.25, 0.3) is 0 Å². The number of carbonyl (C=O) groups is 2. The average Bonchev–Trinajstić information content (AvgIpc) is 3.31. The molecule has 0 fully saturated rings. The number of amides is 1. The first kappa shape index (κ1) is 62.8. The highest BCUT2D eigenvalue weighted by atomic mass is 16.5. The molecule has 2 unspecified atom stereocenters. The number of unbranched alkanes of at least 4 members (excludes halogenated alkanes) is 33. The molecule has 380 valence electrons. The molecular weight excluding hydrogens is 803 g/mol. The summed E-state index contributed by atoms with van der Waals surface area (Å²) in [7, 11) is 0. The highest BCUT2D eigenvalue weighted by molar-refractivity contribution is 5.76. The summed E-state index contributed by atoms with van der Waals surface area (Å²) in [4.78, 5) is 24.4. The molecule has 0 bridgehead atoms. The minimum atomic E-state index is -0.667. The average molecular weight is 913 g/mol. The van der Waals surface area contributed by atoms with Crippen LogP contribution in [-0.2, 0) is 14.3 Å². The Balaban J connectivity index is 3.46. The molecule has 0 aromatic rings. The minimum absolute atomic E-state index is 0.0417. The van der Waals surface area contributed by atoms with Crippen LogP contribution >= 0.6 is 0 Å². The normalized spacial score (nSPS) is 13.0. The first-order chi connectivity index (χ1) is 32.0. The quantitative estimate of drug-likeness (QED) is 0.0321. The van der Waals surface area contributed by atoms with Crippen molar-refractivity contribution in [1.29, 1.82) is 0 Å². The van der Waals surface area contributed by atoms with E-state index >= 15 is 0 Å². The van der Waals surface area contributed by atoms with E-state index in [0.717, 1.165) is 64.2 Å². The fourth-order valence-corrected chi connectivity index (χ4v) is 8.51. The van der Waals surface area contributed by atoms with Crippen molar-refractivity contribution in [3.8, 4) is 0 Å². The lowest BCUT2D eigenvalue weighted by atomic mass is 10.0. The predicted molar refractivity (Wildman–Crippen MR) is 282 cm³/mol. The molecular formula is C59H109NO5. The number of carbonyl (C=O) groups excluding carboxylic acids is 2. The summed E-state index contributed by atoms with van der Waals surface area (Å²) in [6, 6.07) is -0.545. The molecule has 65 heavy (non-hydrogen) atoms. The van der Waals surface area contributed by atoms with Gasteiger partial charge in [-0.1, -0.05) is 249 Å². The van der Waals surface area contributed by atoms with E-state index in [0.29, 0.717) is 25.9 Å². The first-order valence-electron chi connectivity index (χ1n) is 28.4. The second-order valence-electron chi connectivity index (χ2n) is 19.3. The number of nitrogens with one attached hydrogen (secondary N) is 1. The molecule has 0 heterocycles. The van der Waals surface area contributed by atoms with E-state index in [1.54, 1.807) is 0 Å². The van der Waals surface area contributed by atoms with Gasteiger partial charge in [0.2, 0.25) is 5.91 Å². The largest absolute Gasteiger partial charge is 0.465 e. The summed E-state index contributed by atoms with van der Waals surface area (Å²) in [5.41, 5.74) is 0. The maximum Gasteiger partial charge on any atom is 0.305 e. The summed E-state index contributed by atoms with van der Waals surface area (Å²) in [6.45, 7) is 4.81. The summed E-state index contributed by atoms with van der Waals surface area (Å²) >= 11 is 0. The van der Waals surface area contributed by atoms with Crippen LogP contribution in [-0.4, -0.2) is 47.4 Å². The van der Waals surface area contributed by atoms with Gasteiger partial charge >= 0.3 is 5.97 Å². The van der Waals surface area contributed by atoms with E-state index in [1.807, 2.05) is 0 Å². The fraction of sp³-hybridized carbons (Fsp3) is 0.831. The molecule has 1 amide bonds.